The highest BCUT2D eigenvalue weighted by Crippen LogP contribution is 2.24. The molecule has 0 atom stereocenters. The van der Waals surface area contributed by atoms with E-state index < -0.39 is 11.7 Å². The van der Waals surface area contributed by atoms with E-state index in [1.165, 1.54) is 30.1 Å². The summed E-state index contributed by atoms with van der Waals surface area (Å²) in [6, 6.07) is 8.02. The Balaban J connectivity index is 2.00. The molecule has 0 saturated heterocycles. The summed E-state index contributed by atoms with van der Waals surface area (Å²) in [6.45, 7) is 0. The summed E-state index contributed by atoms with van der Waals surface area (Å²) < 4.78 is 13.3. The topological polar surface area (TPSA) is 94.0 Å². The number of halogens is 1. The van der Waals surface area contributed by atoms with Crippen molar-refractivity contribution >= 4 is 23.4 Å². The number of amides is 1. The van der Waals surface area contributed by atoms with Crippen LogP contribution in [0.3, 0.4) is 0 Å². The van der Waals surface area contributed by atoms with Crippen LogP contribution >= 0.6 is 11.8 Å². The normalized spacial score (nSPS) is 10.3. The molecule has 0 aliphatic rings. The molecular formula is C13H13FN4OS. The Morgan fingerprint density at radius 3 is 2.75 bits per heavy atom. The third kappa shape index (κ3) is 3.46. The highest BCUT2D eigenvalue weighted by Gasteiger charge is 2.05. The van der Waals surface area contributed by atoms with Gasteiger partial charge in [0, 0.05) is 16.8 Å². The van der Waals surface area contributed by atoms with Crippen molar-refractivity contribution < 1.29 is 9.18 Å². The van der Waals surface area contributed by atoms with Crippen molar-refractivity contribution in [2.75, 3.05) is 5.73 Å². The molecule has 0 aliphatic carbocycles. The number of benzene rings is 1. The summed E-state index contributed by atoms with van der Waals surface area (Å²) in [7, 11) is 0. The van der Waals surface area contributed by atoms with Gasteiger partial charge in [-0.05, 0) is 30.3 Å². The minimum Gasteiger partial charge on any atom is -0.396 e. The minimum absolute atomic E-state index is 0.129. The standard InChI is InChI=1S/C13H13FN4OS/c14-11-5-10(3-4-12(11)15)20-7-9-2-1-8(6-17-9)13(19)18-16/h1-6H,7,15-16H2,(H,18,19). The van der Waals surface area contributed by atoms with E-state index in [2.05, 4.69) is 4.98 Å². The van der Waals surface area contributed by atoms with Gasteiger partial charge in [-0.15, -0.1) is 11.8 Å². The minimum atomic E-state index is -0.432. The number of hydrogen-bond donors (Lipinski definition) is 3. The van der Waals surface area contributed by atoms with Gasteiger partial charge in [-0.2, -0.15) is 0 Å². The largest absolute Gasteiger partial charge is 0.396 e. The Morgan fingerprint density at radius 2 is 2.15 bits per heavy atom. The Hall–Kier alpha value is -2.12. The lowest BCUT2D eigenvalue weighted by molar-refractivity contribution is 0.0953. The molecule has 1 aromatic carbocycles. The number of pyridine rings is 1. The van der Waals surface area contributed by atoms with E-state index >= 15 is 0 Å². The molecule has 1 aromatic heterocycles. The highest BCUT2D eigenvalue weighted by atomic mass is 32.2. The molecule has 104 valence electrons. The molecule has 0 unspecified atom stereocenters. The summed E-state index contributed by atoms with van der Waals surface area (Å²) in [5, 5.41) is 0. The maximum Gasteiger partial charge on any atom is 0.266 e. The van der Waals surface area contributed by atoms with Gasteiger partial charge in [0.2, 0.25) is 0 Å². The summed E-state index contributed by atoms with van der Waals surface area (Å²) in [6.07, 6.45) is 1.45. The summed E-state index contributed by atoms with van der Waals surface area (Å²) >= 11 is 1.43. The molecule has 20 heavy (non-hydrogen) atoms. The van der Waals surface area contributed by atoms with Crippen molar-refractivity contribution in [1.29, 1.82) is 0 Å². The molecule has 0 saturated carbocycles. The Labute approximate surface area is 119 Å². The van der Waals surface area contributed by atoms with Gasteiger partial charge in [0.25, 0.3) is 5.91 Å². The van der Waals surface area contributed by atoms with Gasteiger partial charge in [0.15, 0.2) is 0 Å². The van der Waals surface area contributed by atoms with Gasteiger partial charge in [0.05, 0.1) is 16.9 Å². The van der Waals surface area contributed by atoms with Crippen molar-refractivity contribution in [1.82, 2.24) is 10.4 Å². The van der Waals surface area contributed by atoms with E-state index in [0.717, 1.165) is 10.6 Å². The highest BCUT2D eigenvalue weighted by molar-refractivity contribution is 7.98. The van der Waals surface area contributed by atoms with E-state index in [-0.39, 0.29) is 5.69 Å². The predicted molar refractivity (Wildman–Crippen MR) is 76.3 cm³/mol. The van der Waals surface area contributed by atoms with Gasteiger partial charge < -0.3 is 5.73 Å². The number of rotatable bonds is 4. The third-order valence-electron chi connectivity index (χ3n) is 2.58. The Morgan fingerprint density at radius 1 is 1.35 bits per heavy atom. The molecule has 5 N–H and O–H groups in total. The van der Waals surface area contributed by atoms with E-state index in [1.54, 1.807) is 18.2 Å². The van der Waals surface area contributed by atoms with Crippen molar-refractivity contribution in [2.45, 2.75) is 10.6 Å². The number of nitrogens with one attached hydrogen (secondary N) is 1. The van der Waals surface area contributed by atoms with Gasteiger partial charge >= 0.3 is 0 Å². The maximum absolute atomic E-state index is 13.3. The molecule has 7 heteroatoms. The van der Waals surface area contributed by atoms with E-state index in [0.29, 0.717) is 11.3 Å². The van der Waals surface area contributed by atoms with Gasteiger partial charge in [-0.3, -0.25) is 15.2 Å². The molecule has 0 bridgehead atoms. The van der Waals surface area contributed by atoms with E-state index in [1.807, 2.05) is 5.43 Å². The number of carbonyl (C=O) groups excluding carboxylic acids is 1. The lowest BCUT2D eigenvalue weighted by atomic mass is 10.2. The van der Waals surface area contributed by atoms with E-state index in [9.17, 15) is 9.18 Å². The summed E-state index contributed by atoms with van der Waals surface area (Å²) in [4.78, 5) is 16.2. The lowest BCUT2D eigenvalue weighted by Gasteiger charge is -2.04. The molecule has 0 spiro atoms. The average molecular weight is 292 g/mol. The number of nitrogens with two attached hydrogens (primary N) is 2. The fourth-order valence-corrected chi connectivity index (χ4v) is 2.32. The van der Waals surface area contributed by atoms with Crippen molar-refractivity contribution in [2.24, 2.45) is 5.84 Å². The van der Waals surface area contributed by atoms with Gasteiger partial charge in [-0.25, -0.2) is 10.2 Å². The Kier molecular flexibility index (Phi) is 4.54. The number of thioether (sulfide) groups is 1. The maximum atomic E-state index is 13.3. The second-order valence-electron chi connectivity index (χ2n) is 3.98. The van der Waals surface area contributed by atoms with Crippen molar-refractivity contribution in [3.63, 3.8) is 0 Å². The molecule has 0 aliphatic heterocycles. The smallest absolute Gasteiger partial charge is 0.266 e. The fraction of sp³-hybridized carbons (Fsp3) is 0.0769. The van der Waals surface area contributed by atoms with Crippen LogP contribution in [0.5, 0.6) is 0 Å². The van der Waals surface area contributed by atoms with Gasteiger partial charge in [0.1, 0.15) is 5.82 Å². The average Bonchev–Trinajstić information content (AvgIpc) is 2.48. The number of aromatic nitrogens is 1. The van der Waals surface area contributed by atoms with Crippen LogP contribution in [0.25, 0.3) is 0 Å². The quantitative estimate of drug-likeness (QED) is 0.262. The predicted octanol–water partition coefficient (Wildman–Crippen LogP) is 1.70. The molecule has 0 fully saturated rings. The molecule has 2 aromatic rings. The molecule has 0 radical (unpaired) electrons. The van der Waals surface area contributed by atoms with Crippen molar-refractivity contribution in [3.05, 3.63) is 53.6 Å². The Bertz CT molecular complexity index is 618. The van der Waals surface area contributed by atoms with Crippen LogP contribution in [-0.2, 0) is 5.75 Å². The summed E-state index contributed by atoms with van der Waals surface area (Å²) in [5.74, 6) is 4.77. The first kappa shape index (κ1) is 14.3. The van der Waals surface area contributed by atoms with Crippen molar-refractivity contribution in [3.8, 4) is 0 Å². The van der Waals surface area contributed by atoms with Crippen LogP contribution in [0.15, 0.2) is 41.4 Å². The second-order valence-corrected chi connectivity index (χ2v) is 5.03. The fourth-order valence-electron chi connectivity index (χ4n) is 1.48. The molecule has 1 heterocycles. The molecule has 5 nitrogen and oxygen atoms in total. The molecular weight excluding hydrogens is 279 g/mol. The third-order valence-corrected chi connectivity index (χ3v) is 3.60. The number of anilines is 1. The zero-order valence-electron chi connectivity index (χ0n) is 10.5. The monoisotopic (exact) mass is 292 g/mol. The number of hydrazine groups is 1. The van der Waals surface area contributed by atoms with Crippen LogP contribution in [0, 0.1) is 5.82 Å². The number of nitrogens with zero attached hydrogens (tertiary/aromatic N) is 1. The number of nitrogen functional groups attached to an aromatic ring is 2. The van der Waals surface area contributed by atoms with Crippen LogP contribution in [0.2, 0.25) is 0 Å². The SMILES string of the molecule is NNC(=O)c1ccc(CSc2ccc(N)c(F)c2)nc1. The first-order chi connectivity index (χ1) is 9.60. The summed E-state index contributed by atoms with van der Waals surface area (Å²) in [5.41, 5.74) is 8.74. The second kappa shape index (κ2) is 6.36. The van der Waals surface area contributed by atoms with Crippen LogP contribution in [0.4, 0.5) is 10.1 Å². The number of carbonyl (C=O) groups is 1. The molecule has 2 rings (SSSR count). The number of hydrogen-bond acceptors (Lipinski definition) is 5. The van der Waals surface area contributed by atoms with E-state index in [4.69, 9.17) is 11.6 Å². The van der Waals surface area contributed by atoms with Gasteiger partial charge in [-0.1, -0.05) is 0 Å². The first-order valence-corrected chi connectivity index (χ1v) is 6.72. The molecule has 1 amide bonds. The van der Waals surface area contributed by atoms with Crippen LogP contribution < -0.4 is 17.0 Å². The van der Waals surface area contributed by atoms with Crippen LogP contribution in [0.1, 0.15) is 16.1 Å². The lowest BCUT2D eigenvalue weighted by Crippen LogP contribution is -2.30. The first-order valence-electron chi connectivity index (χ1n) is 5.74. The van der Waals surface area contributed by atoms with Crippen LogP contribution in [-0.4, -0.2) is 10.9 Å². The zero-order valence-corrected chi connectivity index (χ0v) is 11.3. The zero-order chi connectivity index (χ0) is 14.5.